The van der Waals surface area contributed by atoms with Gasteiger partial charge in [-0.15, -0.1) is 23.5 Å². The van der Waals surface area contributed by atoms with Crippen molar-refractivity contribution in [1.82, 2.24) is 0 Å². The Hall–Kier alpha value is -2.45. The van der Waals surface area contributed by atoms with Gasteiger partial charge < -0.3 is 14.8 Å². The van der Waals surface area contributed by atoms with E-state index in [0.29, 0.717) is 28.0 Å². The molecule has 6 nitrogen and oxygen atoms in total. The number of carbonyl (C=O) groups excluding carboxylic acids is 3. The zero-order valence-electron chi connectivity index (χ0n) is 17.3. The van der Waals surface area contributed by atoms with E-state index in [9.17, 15) is 14.4 Å². The molecule has 1 amide bonds. The minimum Gasteiger partial charge on any atom is -0.482 e. The smallest absolute Gasteiger partial charge is 0.344 e. The van der Waals surface area contributed by atoms with Crippen molar-refractivity contribution in [3.05, 3.63) is 59.7 Å². The van der Waals surface area contributed by atoms with Gasteiger partial charge in [-0.1, -0.05) is 19.1 Å². The third-order valence-electron chi connectivity index (χ3n) is 4.51. The molecule has 0 radical (unpaired) electrons. The number of amides is 1. The normalized spacial score (nSPS) is 14.0. The number of esters is 1. The highest BCUT2D eigenvalue weighted by molar-refractivity contribution is 8.16. The summed E-state index contributed by atoms with van der Waals surface area (Å²) < 4.78 is 10.9. The van der Waals surface area contributed by atoms with Crippen LogP contribution in [0.1, 0.15) is 40.3 Å². The molecule has 0 aliphatic carbocycles. The Balaban J connectivity index is 1.40. The Kier molecular flexibility index (Phi) is 8.85. The van der Waals surface area contributed by atoms with Gasteiger partial charge in [-0.2, -0.15) is 0 Å². The average Bonchev–Trinajstić information content (AvgIpc) is 2.82. The van der Waals surface area contributed by atoms with Crippen LogP contribution in [0.2, 0.25) is 0 Å². The Morgan fingerprint density at radius 3 is 2.29 bits per heavy atom. The van der Waals surface area contributed by atoms with Gasteiger partial charge in [0.25, 0.3) is 0 Å². The van der Waals surface area contributed by atoms with Gasteiger partial charge in [0, 0.05) is 17.7 Å². The SMILES string of the molecule is CCC(=O)Nc1ccc(C(=O)COC(=O)COc2ccc(C3SCCCS3)cc2)cc1. The van der Waals surface area contributed by atoms with E-state index in [2.05, 4.69) is 5.32 Å². The molecule has 1 heterocycles. The molecule has 0 saturated carbocycles. The molecule has 3 rings (SSSR count). The van der Waals surface area contributed by atoms with Crippen LogP contribution in [0.5, 0.6) is 5.75 Å². The molecule has 0 unspecified atom stereocenters. The lowest BCUT2D eigenvalue weighted by molar-refractivity contribution is -0.144. The minimum atomic E-state index is -0.609. The third kappa shape index (κ3) is 7.33. The second kappa shape index (κ2) is 11.8. The quantitative estimate of drug-likeness (QED) is 0.430. The average molecular weight is 460 g/mol. The van der Waals surface area contributed by atoms with Crippen LogP contribution in [0.4, 0.5) is 5.69 Å². The zero-order chi connectivity index (χ0) is 22.1. The van der Waals surface area contributed by atoms with Crippen molar-refractivity contribution in [3.63, 3.8) is 0 Å². The molecule has 31 heavy (non-hydrogen) atoms. The zero-order valence-corrected chi connectivity index (χ0v) is 18.9. The van der Waals surface area contributed by atoms with Crippen molar-refractivity contribution in [1.29, 1.82) is 0 Å². The predicted molar refractivity (Wildman–Crippen MR) is 125 cm³/mol. The monoisotopic (exact) mass is 459 g/mol. The number of Topliss-reactive ketones (excluding diaryl/α,β-unsaturated/α-hetero) is 1. The summed E-state index contributed by atoms with van der Waals surface area (Å²) in [6, 6.07) is 14.2. The van der Waals surface area contributed by atoms with Crippen molar-refractivity contribution in [2.45, 2.75) is 24.3 Å². The molecular formula is C23H25NO5S2. The van der Waals surface area contributed by atoms with Gasteiger partial charge in [0.05, 0.1) is 4.58 Å². The maximum absolute atomic E-state index is 12.2. The second-order valence-electron chi connectivity index (χ2n) is 6.85. The van der Waals surface area contributed by atoms with Crippen molar-refractivity contribution in [2.75, 3.05) is 30.0 Å². The van der Waals surface area contributed by atoms with Crippen LogP contribution in [0.3, 0.4) is 0 Å². The molecule has 164 valence electrons. The Bertz CT molecular complexity index is 893. The molecule has 1 fully saturated rings. The van der Waals surface area contributed by atoms with Gasteiger partial charge in [0.15, 0.2) is 19.0 Å². The number of nitrogens with one attached hydrogen (secondary N) is 1. The van der Waals surface area contributed by atoms with Gasteiger partial charge >= 0.3 is 5.97 Å². The molecule has 0 spiro atoms. The lowest BCUT2D eigenvalue weighted by atomic mass is 10.1. The largest absolute Gasteiger partial charge is 0.482 e. The van der Waals surface area contributed by atoms with E-state index in [-0.39, 0.29) is 24.9 Å². The first-order chi connectivity index (χ1) is 15.0. The van der Waals surface area contributed by atoms with E-state index in [4.69, 9.17) is 9.47 Å². The van der Waals surface area contributed by atoms with Gasteiger partial charge in [0.2, 0.25) is 5.91 Å². The maximum atomic E-state index is 12.2. The Morgan fingerprint density at radius 2 is 1.65 bits per heavy atom. The highest BCUT2D eigenvalue weighted by Gasteiger charge is 2.16. The number of hydrogen-bond acceptors (Lipinski definition) is 7. The highest BCUT2D eigenvalue weighted by atomic mass is 32.2. The molecule has 1 N–H and O–H groups in total. The number of benzene rings is 2. The summed E-state index contributed by atoms with van der Waals surface area (Å²) in [4.78, 5) is 35.5. The summed E-state index contributed by atoms with van der Waals surface area (Å²) in [5.41, 5.74) is 2.26. The van der Waals surface area contributed by atoms with Gasteiger partial charge in [-0.3, -0.25) is 9.59 Å². The standard InChI is InChI=1S/C23H25NO5S2/c1-2-21(26)24-18-8-4-16(5-9-18)20(25)14-29-22(27)15-28-19-10-6-17(7-11-19)23-30-12-3-13-31-23/h4-11,23H,2-3,12-15H2,1H3,(H,24,26). The lowest BCUT2D eigenvalue weighted by Gasteiger charge is -2.21. The topological polar surface area (TPSA) is 81.7 Å². The molecule has 8 heteroatoms. The summed E-state index contributed by atoms with van der Waals surface area (Å²) in [5, 5.41) is 2.71. The summed E-state index contributed by atoms with van der Waals surface area (Å²) in [5.74, 6) is 1.91. The van der Waals surface area contributed by atoms with Crippen LogP contribution >= 0.6 is 23.5 Å². The lowest BCUT2D eigenvalue weighted by Crippen LogP contribution is -2.19. The number of hydrogen-bond donors (Lipinski definition) is 1. The van der Waals surface area contributed by atoms with Crippen LogP contribution in [0.15, 0.2) is 48.5 Å². The number of carbonyl (C=O) groups is 3. The summed E-state index contributed by atoms with van der Waals surface area (Å²) in [6.07, 6.45) is 1.63. The van der Waals surface area contributed by atoms with E-state index >= 15 is 0 Å². The molecule has 0 atom stereocenters. The number of thioether (sulfide) groups is 2. The summed E-state index contributed by atoms with van der Waals surface area (Å²) in [7, 11) is 0. The number of ether oxygens (including phenoxy) is 2. The third-order valence-corrected chi connectivity index (χ3v) is 7.53. The van der Waals surface area contributed by atoms with Gasteiger partial charge in [-0.05, 0) is 59.9 Å². The Morgan fingerprint density at radius 1 is 0.968 bits per heavy atom. The van der Waals surface area contributed by atoms with E-state index in [1.807, 2.05) is 47.8 Å². The van der Waals surface area contributed by atoms with Crippen molar-refractivity contribution < 1.29 is 23.9 Å². The van der Waals surface area contributed by atoms with E-state index in [0.717, 1.165) is 0 Å². The summed E-state index contributed by atoms with van der Waals surface area (Å²) in [6.45, 7) is 1.13. The highest BCUT2D eigenvalue weighted by Crippen LogP contribution is 2.43. The summed E-state index contributed by atoms with van der Waals surface area (Å²) >= 11 is 3.90. The van der Waals surface area contributed by atoms with Gasteiger partial charge in [0.1, 0.15) is 5.75 Å². The predicted octanol–water partition coefficient (Wildman–Crippen LogP) is 4.71. The first-order valence-corrected chi connectivity index (χ1v) is 12.2. The fourth-order valence-electron chi connectivity index (χ4n) is 2.80. The van der Waals surface area contributed by atoms with Crippen molar-refractivity contribution in [3.8, 4) is 5.75 Å². The second-order valence-corrected chi connectivity index (χ2v) is 9.57. The Labute approximate surface area is 190 Å². The number of anilines is 1. The fraction of sp³-hybridized carbons (Fsp3) is 0.348. The molecular weight excluding hydrogens is 434 g/mol. The van der Waals surface area contributed by atoms with Crippen LogP contribution in [-0.4, -0.2) is 42.4 Å². The van der Waals surface area contributed by atoms with Crippen LogP contribution in [0, 0.1) is 0 Å². The number of rotatable bonds is 9. The van der Waals surface area contributed by atoms with Crippen LogP contribution < -0.4 is 10.1 Å². The maximum Gasteiger partial charge on any atom is 0.344 e. The minimum absolute atomic E-state index is 0.102. The van der Waals surface area contributed by atoms with E-state index in [1.165, 1.54) is 23.5 Å². The first-order valence-electron chi connectivity index (χ1n) is 10.1. The van der Waals surface area contributed by atoms with Gasteiger partial charge in [-0.25, -0.2) is 4.79 Å². The van der Waals surface area contributed by atoms with Crippen molar-refractivity contribution in [2.24, 2.45) is 0 Å². The molecule has 1 saturated heterocycles. The molecule has 2 aromatic carbocycles. The molecule has 0 bridgehead atoms. The van der Waals surface area contributed by atoms with Crippen molar-refractivity contribution >= 4 is 46.9 Å². The molecule has 2 aromatic rings. The van der Waals surface area contributed by atoms with E-state index < -0.39 is 5.97 Å². The first kappa shape index (κ1) is 23.2. The van der Waals surface area contributed by atoms with Crippen LogP contribution in [0.25, 0.3) is 0 Å². The molecule has 0 aromatic heterocycles. The molecule has 1 aliphatic heterocycles. The van der Waals surface area contributed by atoms with Crippen LogP contribution in [-0.2, 0) is 14.3 Å². The fourth-order valence-corrected chi connectivity index (χ4v) is 5.70. The number of ketones is 1. The van der Waals surface area contributed by atoms with E-state index in [1.54, 1.807) is 31.2 Å². The molecule has 1 aliphatic rings.